The zero-order valence-corrected chi connectivity index (χ0v) is 14.9. The van der Waals surface area contributed by atoms with Gasteiger partial charge in [0, 0.05) is 19.4 Å². The summed E-state index contributed by atoms with van der Waals surface area (Å²) >= 11 is 0. The second-order valence-corrected chi connectivity index (χ2v) is 6.75. The second-order valence-electron chi connectivity index (χ2n) is 6.75. The molecule has 0 aliphatic carbocycles. The number of amides is 1. The summed E-state index contributed by atoms with van der Waals surface area (Å²) in [5, 5.41) is 0. The summed E-state index contributed by atoms with van der Waals surface area (Å²) in [5.41, 5.74) is 2.76. The van der Waals surface area contributed by atoms with Crippen LogP contribution in [-0.4, -0.2) is 25.4 Å². The molecule has 0 aromatic heterocycles. The van der Waals surface area contributed by atoms with E-state index >= 15 is 0 Å². The number of carbonyl (C=O) groups excluding carboxylic acids is 1. The molecule has 1 heterocycles. The largest absolute Gasteiger partial charge is 0.437 e. The number of benzene rings is 2. The molecule has 3 rings (SSSR count). The van der Waals surface area contributed by atoms with Crippen LogP contribution in [0, 0.1) is 0 Å². The molecule has 1 aliphatic rings. The van der Waals surface area contributed by atoms with E-state index in [9.17, 15) is 4.79 Å². The smallest absolute Gasteiger partial charge is 0.411 e. The topological polar surface area (TPSA) is 29.5 Å². The van der Waals surface area contributed by atoms with Crippen LogP contribution in [-0.2, 0) is 10.3 Å². The van der Waals surface area contributed by atoms with Gasteiger partial charge in [-0.15, -0.1) is 6.58 Å². The SMILES string of the molecule is Bc1ccc([C@@H](C)N2CCC(CC=C)(c3ccccc3)OC2=O)cc1. The minimum atomic E-state index is -0.608. The first-order valence-electron chi connectivity index (χ1n) is 8.78. The molecule has 0 saturated carbocycles. The van der Waals surface area contributed by atoms with E-state index in [0.717, 1.165) is 17.5 Å². The first-order chi connectivity index (χ1) is 12.1. The molecule has 4 heteroatoms. The Balaban J connectivity index is 1.82. The molecule has 2 aromatic carbocycles. The van der Waals surface area contributed by atoms with Gasteiger partial charge in [-0.3, -0.25) is 0 Å². The molecule has 0 spiro atoms. The summed E-state index contributed by atoms with van der Waals surface area (Å²) in [6.07, 6.45) is 2.95. The van der Waals surface area contributed by atoms with Crippen LogP contribution in [0.5, 0.6) is 0 Å². The Morgan fingerprint density at radius 3 is 2.52 bits per heavy atom. The van der Waals surface area contributed by atoms with Gasteiger partial charge in [-0.25, -0.2) is 4.79 Å². The maximum absolute atomic E-state index is 12.8. The molecule has 1 saturated heterocycles. The van der Waals surface area contributed by atoms with Gasteiger partial charge in [-0.05, 0) is 18.1 Å². The standard InChI is InChI=1S/C21H24BNO2/c1-3-13-21(18-7-5-4-6-8-18)14-15-23(20(24)25-21)16(2)17-9-11-19(22)12-10-17/h3-12,16H,1,13-15,22H2,2H3/t16-,21?/m1/s1. The summed E-state index contributed by atoms with van der Waals surface area (Å²) in [4.78, 5) is 14.6. The van der Waals surface area contributed by atoms with Gasteiger partial charge in [0.1, 0.15) is 13.4 Å². The number of ether oxygens (including phenoxy) is 1. The molecule has 128 valence electrons. The first-order valence-corrected chi connectivity index (χ1v) is 8.78. The average molecular weight is 333 g/mol. The maximum atomic E-state index is 12.8. The normalized spacial score (nSPS) is 21.5. The van der Waals surface area contributed by atoms with Crippen LogP contribution in [0.1, 0.15) is 36.9 Å². The van der Waals surface area contributed by atoms with E-state index in [0.29, 0.717) is 13.0 Å². The fourth-order valence-corrected chi connectivity index (χ4v) is 3.49. The average Bonchev–Trinajstić information content (AvgIpc) is 2.63. The molecule has 2 aromatic rings. The highest BCUT2D eigenvalue weighted by Crippen LogP contribution is 2.39. The van der Waals surface area contributed by atoms with Crippen molar-refractivity contribution in [3.63, 3.8) is 0 Å². The van der Waals surface area contributed by atoms with E-state index < -0.39 is 5.60 Å². The van der Waals surface area contributed by atoms with Gasteiger partial charge in [-0.1, -0.05) is 66.1 Å². The van der Waals surface area contributed by atoms with E-state index in [2.05, 4.69) is 45.6 Å². The van der Waals surface area contributed by atoms with E-state index in [4.69, 9.17) is 4.74 Å². The Morgan fingerprint density at radius 1 is 1.24 bits per heavy atom. The molecule has 0 bridgehead atoms. The summed E-state index contributed by atoms with van der Waals surface area (Å²) in [6.45, 7) is 6.57. The Bertz CT molecular complexity index is 744. The van der Waals surface area contributed by atoms with E-state index in [-0.39, 0.29) is 12.1 Å². The summed E-state index contributed by atoms with van der Waals surface area (Å²) in [6, 6.07) is 18.3. The van der Waals surface area contributed by atoms with Crippen molar-refractivity contribution >= 4 is 19.4 Å². The lowest BCUT2D eigenvalue weighted by atomic mass is 9.85. The third kappa shape index (κ3) is 3.48. The summed E-state index contributed by atoms with van der Waals surface area (Å²) in [7, 11) is 2.06. The number of hydrogen-bond donors (Lipinski definition) is 0. The highest BCUT2D eigenvalue weighted by Gasteiger charge is 2.42. The Hall–Kier alpha value is -2.49. The molecular formula is C21H24BNO2. The third-order valence-electron chi connectivity index (χ3n) is 5.07. The van der Waals surface area contributed by atoms with Gasteiger partial charge in [0.2, 0.25) is 0 Å². The lowest BCUT2D eigenvalue weighted by Gasteiger charge is -2.43. The van der Waals surface area contributed by atoms with Crippen LogP contribution in [0.2, 0.25) is 0 Å². The minimum Gasteiger partial charge on any atom is -0.437 e. The summed E-state index contributed by atoms with van der Waals surface area (Å²) < 4.78 is 6.00. The van der Waals surface area contributed by atoms with Crippen LogP contribution in [0.25, 0.3) is 0 Å². The number of carbonyl (C=O) groups is 1. The fraction of sp³-hybridized carbons (Fsp3) is 0.286. The fourth-order valence-electron chi connectivity index (χ4n) is 3.49. The highest BCUT2D eigenvalue weighted by atomic mass is 16.6. The molecule has 1 amide bonds. The quantitative estimate of drug-likeness (QED) is 0.621. The number of cyclic esters (lactones) is 1. The molecule has 0 radical (unpaired) electrons. The monoisotopic (exact) mass is 333 g/mol. The van der Waals surface area contributed by atoms with Gasteiger partial charge >= 0.3 is 6.09 Å². The van der Waals surface area contributed by atoms with Crippen molar-refractivity contribution in [2.45, 2.75) is 31.4 Å². The number of nitrogens with zero attached hydrogens (tertiary/aromatic N) is 1. The van der Waals surface area contributed by atoms with Crippen molar-refractivity contribution in [2.24, 2.45) is 0 Å². The van der Waals surface area contributed by atoms with E-state index in [1.165, 1.54) is 5.46 Å². The van der Waals surface area contributed by atoms with Crippen molar-refractivity contribution < 1.29 is 9.53 Å². The Kier molecular flexibility index (Phi) is 4.98. The lowest BCUT2D eigenvalue weighted by molar-refractivity contribution is -0.0588. The number of hydrogen-bond acceptors (Lipinski definition) is 2. The molecule has 1 fully saturated rings. The molecular weight excluding hydrogens is 309 g/mol. The van der Waals surface area contributed by atoms with Crippen molar-refractivity contribution in [3.05, 3.63) is 78.4 Å². The number of rotatable bonds is 5. The van der Waals surface area contributed by atoms with Crippen LogP contribution < -0.4 is 5.46 Å². The predicted octanol–water partition coefficient (Wildman–Crippen LogP) is 3.32. The van der Waals surface area contributed by atoms with Crippen molar-refractivity contribution in [2.75, 3.05) is 6.54 Å². The lowest BCUT2D eigenvalue weighted by Crippen LogP contribution is -2.48. The van der Waals surface area contributed by atoms with E-state index in [1.54, 1.807) is 0 Å². The van der Waals surface area contributed by atoms with Gasteiger partial charge in [0.15, 0.2) is 0 Å². The van der Waals surface area contributed by atoms with Crippen molar-refractivity contribution in [1.29, 1.82) is 0 Å². The maximum Gasteiger partial charge on any atom is 0.411 e. The second kappa shape index (κ2) is 7.18. The molecule has 25 heavy (non-hydrogen) atoms. The van der Waals surface area contributed by atoms with Gasteiger partial charge < -0.3 is 9.64 Å². The third-order valence-corrected chi connectivity index (χ3v) is 5.07. The predicted molar refractivity (Wildman–Crippen MR) is 104 cm³/mol. The van der Waals surface area contributed by atoms with E-state index in [1.807, 2.05) is 41.3 Å². The van der Waals surface area contributed by atoms with Gasteiger partial charge in [0.05, 0.1) is 6.04 Å². The highest BCUT2D eigenvalue weighted by molar-refractivity contribution is 6.32. The van der Waals surface area contributed by atoms with Crippen molar-refractivity contribution in [1.82, 2.24) is 4.90 Å². The van der Waals surface area contributed by atoms with Crippen LogP contribution >= 0.6 is 0 Å². The molecule has 1 aliphatic heterocycles. The van der Waals surface area contributed by atoms with Gasteiger partial charge in [-0.2, -0.15) is 0 Å². The minimum absolute atomic E-state index is 0.00870. The molecule has 2 atom stereocenters. The van der Waals surface area contributed by atoms with Crippen LogP contribution in [0.4, 0.5) is 4.79 Å². The van der Waals surface area contributed by atoms with Crippen LogP contribution in [0.3, 0.4) is 0 Å². The summed E-state index contributed by atoms with van der Waals surface area (Å²) in [5.74, 6) is 0. The molecule has 3 nitrogen and oxygen atoms in total. The molecule has 0 N–H and O–H groups in total. The van der Waals surface area contributed by atoms with Crippen LogP contribution in [0.15, 0.2) is 67.3 Å². The zero-order chi connectivity index (χ0) is 17.9. The molecule has 1 unspecified atom stereocenters. The van der Waals surface area contributed by atoms with Gasteiger partial charge in [0.25, 0.3) is 0 Å². The Morgan fingerprint density at radius 2 is 1.92 bits per heavy atom. The van der Waals surface area contributed by atoms with Crippen molar-refractivity contribution in [3.8, 4) is 0 Å². The zero-order valence-electron chi connectivity index (χ0n) is 14.9. The Labute approximate surface area is 150 Å². The first kappa shape index (κ1) is 17.3.